The van der Waals surface area contributed by atoms with E-state index in [9.17, 15) is 14.7 Å². The van der Waals surface area contributed by atoms with Crippen LogP contribution in [0.1, 0.15) is 17.5 Å². The molecule has 0 spiro atoms. The molecule has 0 bridgehead atoms. The van der Waals surface area contributed by atoms with Crippen molar-refractivity contribution in [1.29, 1.82) is 0 Å². The number of amides is 3. The third-order valence-electron chi connectivity index (χ3n) is 5.24. The first-order valence-electron chi connectivity index (χ1n) is 10.7. The third-order valence-corrected chi connectivity index (χ3v) is 5.24. The summed E-state index contributed by atoms with van der Waals surface area (Å²) < 4.78 is 16.4. The number of fused-ring (bicyclic) bond motifs is 1. The number of primary amides is 1. The van der Waals surface area contributed by atoms with Crippen molar-refractivity contribution in [2.45, 2.75) is 25.4 Å². The molecule has 2 aromatic rings. The van der Waals surface area contributed by atoms with Gasteiger partial charge in [0.05, 0.1) is 25.6 Å². The van der Waals surface area contributed by atoms with E-state index in [0.717, 1.165) is 17.5 Å². The normalized spacial score (nSPS) is 13.1. The molecule has 0 fully saturated rings. The molecule has 0 saturated carbocycles. The van der Waals surface area contributed by atoms with Crippen molar-refractivity contribution >= 4 is 35.7 Å². The molecule has 1 unspecified atom stereocenters. The van der Waals surface area contributed by atoms with Gasteiger partial charge in [0.25, 0.3) is 0 Å². The van der Waals surface area contributed by atoms with Crippen LogP contribution in [0.5, 0.6) is 17.2 Å². The van der Waals surface area contributed by atoms with Crippen LogP contribution >= 0.6 is 12.4 Å². The summed E-state index contributed by atoms with van der Waals surface area (Å²) in [6, 6.07) is 8.35. The van der Waals surface area contributed by atoms with E-state index in [1.807, 2.05) is 18.2 Å². The van der Waals surface area contributed by atoms with Crippen LogP contribution in [0, 0.1) is 0 Å². The largest absolute Gasteiger partial charge is 0.493 e. The average Bonchev–Trinajstić information content (AvgIpc) is 2.80. The van der Waals surface area contributed by atoms with Crippen molar-refractivity contribution in [3.05, 3.63) is 41.5 Å². The standard InChI is InChI=1S/C23H30N4O6.ClH/c1-31-19-6-3-14(11-20(19)32-2)9-10-25-12-15(28)13-33-18-7-5-17(26-23(24)30)22-16(18)4-8-21(29)27-22;/h3,5-7,11,15,25,28H,4,8-10,12-13H2,1-2H3,(H,27,29)(H3,24,26,30);1H. The van der Waals surface area contributed by atoms with Gasteiger partial charge in [-0.3, -0.25) is 4.79 Å². The molecule has 0 aliphatic carbocycles. The van der Waals surface area contributed by atoms with Crippen molar-refractivity contribution in [2.75, 3.05) is 44.5 Å². The van der Waals surface area contributed by atoms with Crippen LogP contribution in [-0.2, 0) is 17.6 Å². The lowest BCUT2D eigenvalue weighted by molar-refractivity contribution is -0.116. The minimum absolute atomic E-state index is 0. The lowest BCUT2D eigenvalue weighted by Gasteiger charge is -2.23. The number of hydrogen-bond acceptors (Lipinski definition) is 7. The summed E-state index contributed by atoms with van der Waals surface area (Å²) in [5.41, 5.74) is 7.94. The first-order valence-corrected chi connectivity index (χ1v) is 10.7. The van der Waals surface area contributed by atoms with Gasteiger partial charge in [0, 0.05) is 18.5 Å². The first kappa shape index (κ1) is 27.0. The number of carbonyl (C=O) groups is 2. The van der Waals surface area contributed by atoms with Crippen LogP contribution in [-0.4, -0.2) is 57.1 Å². The quantitative estimate of drug-likeness (QED) is 0.301. The predicted molar refractivity (Wildman–Crippen MR) is 131 cm³/mol. The monoisotopic (exact) mass is 494 g/mol. The molecule has 3 rings (SSSR count). The van der Waals surface area contributed by atoms with E-state index in [0.29, 0.717) is 54.6 Å². The lowest BCUT2D eigenvalue weighted by Crippen LogP contribution is -2.33. The van der Waals surface area contributed by atoms with Crippen molar-refractivity contribution in [3.8, 4) is 17.2 Å². The van der Waals surface area contributed by atoms with Crippen LogP contribution in [0.25, 0.3) is 0 Å². The van der Waals surface area contributed by atoms with Gasteiger partial charge in [0.15, 0.2) is 11.5 Å². The Bertz CT molecular complexity index is 1000. The Balaban J connectivity index is 0.00000408. The van der Waals surface area contributed by atoms with Crippen LogP contribution in [0.2, 0.25) is 0 Å². The number of methoxy groups -OCH3 is 2. The molecule has 34 heavy (non-hydrogen) atoms. The summed E-state index contributed by atoms with van der Waals surface area (Å²) in [7, 11) is 3.20. The maximum absolute atomic E-state index is 11.8. The number of anilines is 2. The van der Waals surface area contributed by atoms with Crippen molar-refractivity contribution < 1.29 is 28.9 Å². The zero-order chi connectivity index (χ0) is 23.8. The van der Waals surface area contributed by atoms with E-state index in [2.05, 4.69) is 16.0 Å². The van der Waals surface area contributed by atoms with E-state index >= 15 is 0 Å². The minimum atomic E-state index is -0.729. The fourth-order valence-corrected chi connectivity index (χ4v) is 3.61. The topological polar surface area (TPSA) is 144 Å². The van der Waals surface area contributed by atoms with E-state index in [1.165, 1.54) is 0 Å². The van der Waals surface area contributed by atoms with Crippen molar-refractivity contribution in [3.63, 3.8) is 0 Å². The van der Waals surface area contributed by atoms with Crippen LogP contribution in [0.15, 0.2) is 30.3 Å². The van der Waals surface area contributed by atoms with E-state index in [4.69, 9.17) is 19.9 Å². The summed E-state index contributed by atoms with van der Waals surface area (Å²) in [6.45, 7) is 1.10. The first-order chi connectivity index (χ1) is 15.9. The number of aliphatic hydroxyl groups is 1. The summed E-state index contributed by atoms with van der Waals surface area (Å²) in [6.07, 6.45) is 0.802. The second-order valence-corrected chi connectivity index (χ2v) is 7.61. The Morgan fingerprint density at radius 2 is 1.88 bits per heavy atom. The number of rotatable bonds is 11. The van der Waals surface area contributed by atoms with Gasteiger partial charge in [-0.25, -0.2) is 4.79 Å². The van der Waals surface area contributed by atoms with E-state index in [-0.39, 0.29) is 24.9 Å². The van der Waals surface area contributed by atoms with Crippen LogP contribution in [0.3, 0.4) is 0 Å². The molecule has 186 valence electrons. The summed E-state index contributed by atoms with van der Waals surface area (Å²) >= 11 is 0. The highest BCUT2D eigenvalue weighted by molar-refractivity contribution is 6.02. The molecule has 0 radical (unpaired) electrons. The Morgan fingerprint density at radius 1 is 1.15 bits per heavy atom. The summed E-state index contributed by atoms with van der Waals surface area (Å²) in [5.74, 6) is 1.76. The van der Waals surface area contributed by atoms with Gasteiger partial charge in [-0.1, -0.05) is 6.07 Å². The molecule has 1 aliphatic rings. The van der Waals surface area contributed by atoms with Gasteiger partial charge in [-0.2, -0.15) is 0 Å². The maximum Gasteiger partial charge on any atom is 0.316 e. The third kappa shape index (κ3) is 7.14. The number of aliphatic hydroxyl groups excluding tert-OH is 1. The molecule has 1 aliphatic heterocycles. The molecule has 6 N–H and O–H groups in total. The Labute approximate surface area is 204 Å². The van der Waals surface area contributed by atoms with Gasteiger partial charge < -0.3 is 41.0 Å². The predicted octanol–water partition coefficient (Wildman–Crippen LogP) is 2.07. The van der Waals surface area contributed by atoms with Gasteiger partial charge >= 0.3 is 6.03 Å². The fraction of sp³-hybridized carbons (Fsp3) is 0.391. The minimum Gasteiger partial charge on any atom is -0.493 e. The van der Waals surface area contributed by atoms with Gasteiger partial charge in [-0.15, -0.1) is 12.4 Å². The number of benzene rings is 2. The molecular formula is C23H31ClN4O6. The molecule has 2 aromatic carbocycles. The molecule has 0 saturated heterocycles. The highest BCUT2D eigenvalue weighted by Gasteiger charge is 2.23. The molecule has 1 atom stereocenters. The highest BCUT2D eigenvalue weighted by atomic mass is 35.5. The summed E-state index contributed by atoms with van der Waals surface area (Å²) in [4.78, 5) is 23.0. The molecular weight excluding hydrogens is 464 g/mol. The van der Waals surface area contributed by atoms with E-state index < -0.39 is 12.1 Å². The fourth-order valence-electron chi connectivity index (χ4n) is 3.61. The molecule has 11 heteroatoms. The number of carbonyl (C=O) groups excluding carboxylic acids is 2. The number of nitrogens with one attached hydrogen (secondary N) is 3. The van der Waals surface area contributed by atoms with Crippen molar-refractivity contribution in [1.82, 2.24) is 5.32 Å². The maximum atomic E-state index is 11.8. The van der Waals surface area contributed by atoms with Gasteiger partial charge in [0.2, 0.25) is 5.91 Å². The second kappa shape index (κ2) is 12.9. The number of ether oxygens (including phenoxy) is 3. The van der Waals surface area contributed by atoms with Gasteiger partial charge in [0.1, 0.15) is 18.5 Å². The molecule has 3 amide bonds. The Kier molecular flexibility index (Phi) is 10.2. The summed E-state index contributed by atoms with van der Waals surface area (Å²) in [5, 5.41) is 18.8. The van der Waals surface area contributed by atoms with Crippen LogP contribution in [0.4, 0.5) is 16.2 Å². The second-order valence-electron chi connectivity index (χ2n) is 7.61. The van der Waals surface area contributed by atoms with Gasteiger partial charge in [-0.05, 0) is 49.2 Å². The zero-order valence-corrected chi connectivity index (χ0v) is 20.0. The Morgan fingerprint density at radius 3 is 2.59 bits per heavy atom. The molecule has 1 heterocycles. The number of nitrogens with two attached hydrogens (primary N) is 1. The smallest absolute Gasteiger partial charge is 0.316 e. The number of halogens is 1. The average molecular weight is 495 g/mol. The Hall–Kier alpha value is -3.21. The SMILES string of the molecule is COc1ccc(CCNCC(O)COc2ccc(NC(N)=O)c3c2CCC(=O)N3)cc1OC.Cl. The van der Waals surface area contributed by atoms with Crippen LogP contribution < -0.4 is 35.9 Å². The van der Waals surface area contributed by atoms with Crippen molar-refractivity contribution in [2.24, 2.45) is 5.73 Å². The number of urea groups is 1. The lowest BCUT2D eigenvalue weighted by atomic mass is 10.0. The van der Waals surface area contributed by atoms with E-state index in [1.54, 1.807) is 26.4 Å². The number of hydrogen-bond donors (Lipinski definition) is 5. The molecule has 0 aromatic heterocycles. The molecule has 10 nitrogen and oxygen atoms in total. The highest BCUT2D eigenvalue weighted by Crippen LogP contribution is 2.37. The zero-order valence-electron chi connectivity index (χ0n) is 19.2.